The predicted molar refractivity (Wildman–Crippen MR) is 81.6 cm³/mol. The van der Waals surface area contributed by atoms with E-state index in [1.165, 1.54) is 0 Å². The average Bonchev–Trinajstić information content (AvgIpc) is 2.48. The molecule has 20 heavy (non-hydrogen) atoms. The molecule has 3 rings (SSSR count). The Morgan fingerprint density at radius 1 is 1.15 bits per heavy atom. The molecule has 2 aromatic rings. The van der Waals surface area contributed by atoms with E-state index in [4.69, 9.17) is 0 Å². The Labute approximate surface area is 126 Å². The summed E-state index contributed by atoms with van der Waals surface area (Å²) in [6.45, 7) is 1.27. The molecule has 0 bridgehead atoms. The molecule has 0 saturated carbocycles. The van der Waals surface area contributed by atoms with Crippen molar-refractivity contribution < 1.29 is 4.79 Å². The third kappa shape index (κ3) is 2.72. The van der Waals surface area contributed by atoms with Crippen LogP contribution in [-0.2, 0) is 4.79 Å². The first-order chi connectivity index (χ1) is 9.74. The number of benzene rings is 1. The number of carbonyl (C=O) groups excluding carboxylic acids is 1. The maximum Gasteiger partial charge on any atom is 0.225 e. The minimum Gasteiger partial charge on any atom is -0.333 e. The van der Waals surface area contributed by atoms with Gasteiger partial charge in [0, 0.05) is 35.4 Å². The van der Waals surface area contributed by atoms with Gasteiger partial charge in [-0.1, -0.05) is 34.1 Å². The number of aromatic nitrogens is 2. The van der Waals surface area contributed by atoms with Gasteiger partial charge in [0.1, 0.15) is 0 Å². The second-order valence-electron chi connectivity index (χ2n) is 4.82. The van der Waals surface area contributed by atoms with Crippen LogP contribution >= 0.6 is 15.9 Å². The standard InChI is InChI=1S/C15H14BrN3O/c16-14-6-2-1-5-13(14)11-8-17-15(18-9-11)19-7-3-4-12(20)10-19/h1-2,5-6,8-9H,3-4,7,10H2. The summed E-state index contributed by atoms with van der Waals surface area (Å²) in [6.07, 6.45) is 5.17. The minimum atomic E-state index is 0.259. The molecule has 1 aliphatic rings. The summed E-state index contributed by atoms with van der Waals surface area (Å²) in [7, 11) is 0. The molecule has 102 valence electrons. The van der Waals surface area contributed by atoms with Crippen molar-refractivity contribution in [3.05, 3.63) is 41.1 Å². The van der Waals surface area contributed by atoms with Gasteiger partial charge in [-0.05, 0) is 18.1 Å². The van der Waals surface area contributed by atoms with E-state index in [9.17, 15) is 4.79 Å². The lowest BCUT2D eigenvalue weighted by atomic mass is 10.1. The highest BCUT2D eigenvalue weighted by Crippen LogP contribution is 2.27. The van der Waals surface area contributed by atoms with Crippen LogP contribution in [0.2, 0.25) is 0 Å². The number of piperidine rings is 1. The van der Waals surface area contributed by atoms with Crippen LogP contribution in [0.3, 0.4) is 0 Å². The van der Waals surface area contributed by atoms with Crippen LogP contribution in [0.15, 0.2) is 41.1 Å². The van der Waals surface area contributed by atoms with Crippen molar-refractivity contribution in [3.8, 4) is 11.1 Å². The summed E-state index contributed by atoms with van der Waals surface area (Å²) in [4.78, 5) is 22.2. The van der Waals surface area contributed by atoms with Crippen LogP contribution in [0.25, 0.3) is 11.1 Å². The second-order valence-corrected chi connectivity index (χ2v) is 5.67. The van der Waals surface area contributed by atoms with Gasteiger partial charge in [-0.2, -0.15) is 0 Å². The fourth-order valence-electron chi connectivity index (χ4n) is 2.33. The Balaban J connectivity index is 1.84. The van der Waals surface area contributed by atoms with Crippen LogP contribution in [0.1, 0.15) is 12.8 Å². The van der Waals surface area contributed by atoms with E-state index in [1.54, 1.807) is 0 Å². The van der Waals surface area contributed by atoms with Crippen LogP contribution in [0, 0.1) is 0 Å². The van der Waals surface area contributed by atoms with Crippen molar-refractivity contribution in [1.29, 1.82) is 0 Å². The fraction of sp³-hybridized carbons (Fsp3) is 0.267. The van der Waals surface area contributed by atoms with Crippen molar-refractivity contribution in [2.45, 2.75) is 12.8 Å². The molecule has 0 aliphatic carbocycles. The first kappa shape index (κ1) is 13.2. The second kappa shape index (κ2) is 5.71. The van der Waals surface area contributed by atoms with Gasteiger partial charge in [0.05, 0.1) is 6.54 Å². The third-order valence-electron chi connectivity index (χ3n) is 3.36. The highest BCUT2D eigenvalue weighted by atomic mass is 79.9. The van der Waals surface area contributed by atoms with E-state index in [0.29, 0.717) is 18.9 Å². The number of ketones is 1. The Morgan fingerprint density at radius 2 is 1.90 bits per heavy atom. The molecule has 0 atom stereocenters. The van der Waals surface area contributed by atoms with Crippen LogP contribution in [-0.4, -0.2) is 28.8 Å². The van der Waals surface area contributed by atoms with Gasteiger partial charge in [-0.15, -0.1) is 0 Å². The minimum absolute atomic E-state index is 0.259. The summed E-state index contributed by atoms with van der Waals surface area (Å²) in [5, 5.41) is 0. The monoisotopic (exact) mass is 331 g/mol. The molecular weight excluding hydrogens is 318 g/mol. The van der Waals surface area contributed by atoms with Gasteiger partial charge in [0.15, 0.2) is 5.78 Å². The van der Waals surface area contributed by atoms with Gasteiger partial charge < -0.3 is 4.90 Å². The molecule has 0 spiro atoms. The number of anilines is 1. The summed E-state index contributed by atoms with van der Waals surface area (Å²) >= 11 is 3.53. The molecule has 1 saturated heterocycles. The van der Waals surface area contributed by atoms with Crippen molar-refractivity contribution in [2.75, 3.05) is 18.0 Å². The van der Waals surface area contributed by atoms with Gasteiger partial charge in [-0.25, -0.2) is 9.97 Å². The first-order valence-electron chi connectivity index (χ1n) is 6.57. The van der Waals surface area contributed by atoms with Crippen molar-refractivity contribution in [2.24, 2.45) is 0 Å². The Bertz CT molecular complexity index is 627. The Kier molecular flexibility index (Phi) is 3.78. The first-order valence-corrected chi connectivity index (χ1v) is 7.37. The molecule has 2 heterocycles. The average molecular weight is 332 g/mol. The van der Waals surface area contributed by atoms with Gasteiger partial charge >= 0.3 is 0 Å². The quantitative estimate of drug-likeness (QED) is 0.848. The lowest BCUT2D eigenvalue weighted by molar-refractivity contribution is -0.118. The van der Waals surface area contributed by atoms with Crippen molar-refractivity contribution in [3.63, 3.8) is 0 Å². The molecule has 0 amide bonds. The zero-order valence-corrected chi connectivity index (χ0v) is 12.5. The number of nitrogens with zero attached hydrogens (tertiary/aromatic N) is 3. The summed E-state index contributed by atoms with van der Waals surface area (Å²) in [6, 6.07) is 7.97. The number of hydrogen-bond donors (Lipinski definition) is 0. The van der Waals surface area contributed by atoms with Crippen LogP contribution in [0.5, 0.6) is 0 Å². The molecule has 1 fully saturated rings. The molecule has 0 N–H and O–H groups in total. The Morgan fingerprint density at radius 3 is 2.60 bits per heavy atom. The lowest BCUT2D eigenvalue weighted by Gasteiger charge is -2.25. The number of rotatable bonds is 2. The summed E-state index contributed by atoms with van der Waals surface area (Å²) < 4.78 is 1.02. The van der Waals surface area contributed by atoms with Crippen molar-refractivity contribution >= 4 is 27.7 Å². The number of carbonyl (C=O) groups is 1. The molecule has 0 unspecified atom stereocenters. The van der Waals surface area contributed by atoms with Crippen LogP contribution in [0.4, 0.5) is 5.95 Å². The van der Waals surface area contributed by atoms with E-state index in [-0.39, 0.29) is 5.78 Å². The Hall–Kier alpha value is -1.75. The summed E-state index contributed by atoms with van der Waals surface area (Å²) in [5.41, 5.74) is 2.03. The topological polar surface area (TPSA) is 46.1 Å². The van der Waals surface area contributed by atoms with E-state index in [0.717, 1.165) is 28.6 Å². The molecule has 5 heteroatoms. The van der Waals surface area contributed by atoms with E-state index in [1.807, 2.05) is 41.6 Å². The zero-order chi connectivity index (χ0) is 13.9. The zero-order valence-electron chi connectivity index (χ0n) is 10.9. The number of hydrogen-bond acceptors (Lipinski definition) is 4. The molecular formula is C15H14BrN3O. The van der Waals surface area contributed by atoms with E-state index in [2.05, 4.69) is 25.9 Å². The van der Waals surface area contributed by atoms with Gasteiger partial charge in [0.2, 0.25) is 5.95 Å². The maximum absolute atomic E-state index is 11.5. The molecule has 0 radical (unpaired) electrons. The van der Waals surface area contributed by atoms with E-state index >= 15 is 0 Å². The van der Waals surface area contributed by atoms with Gasteiger partial charge in [0.25, 0.3) is 0 Å². The smallest absolute Gasteiger partial charge is 0.225 e. The lowest BCUT2D eigenvalue weighted by Crippen LogP contribution is -2.36. The molecule has 1 aromatic carbocycles. The fourth-order valence-corrected chi connectivity index (χ4v) is 2.84. The van der Waals surface area contributed by atoms with Crippen molar-refractivity contribution in [1.82, 2.24) is 9.97 Å². The largest absolute Gasteiger partial charge is 0.333 e. The number of Topliss-reactive ketones (excluding diaryl/α,β-unsaturated/α-hetero) is 1. The third-order valence-corrected chi connectivity index (χ3v) is 4.05. The normalized spacial score (nSPS) is 15.4. The number of halogens is 1. The summed E-state index contributed by atoms with van der Waals surface area (Å²) in [5.74, 6) is 0.892. The maximum atomic E-state index is 11.5. The highest BCUT2D eigenvalue weighted by Gasteiger charge is 2.19. The molecule has 1 aromatic heterocycles. The molecule has 4 nitrogen and oxygen atoms in total. The SMILES string of the molecule is O=C1CCCN(c2ncc(-c3ccccc3Br)cn2)C1. The van der Waals surface area contributed by atoms with E-state index < -0.39 is 0 Å². The van der Waals surface area contributed by atoms with Gasteiger partial charge in [-0.3, -0.25) is 4.79 Å². The highest BCUT2D eigenvalue weighted by molar-refractivity contribution is 9.10. The molecule has 1 aliphatic heterocycles. The van der Waals surface area contributed by atoms with Crippen LogP contribution < -0.4 is 4.90 Å². The predicted octanol–water partition coefficient (Wildman–Crippen LogP) is 3.08.